The Labute approximate surface area is 346 Å². The molecule has 1 aliphatic rings. The fourth-order valence-electron chi connectivity index (χ4n) is 7.91. The second-order valence-electron chi connectivity index (χ2n) is 18.2. The molecule has 2 heterocycles. The molecule has 0 unspecified atom stereocenters. The van der Waals surface area contributed by atoms with E-state index in [4.69, 9.17) is 13.6 Å². The molecule has 58 heavy (non-hydrogen) atoms. The van der Waals surface area contributed by atoms with Crippen LogP contribution in [0.5, 0.6) is 0 Å². The minimum Gasteiger partial charge on any atom is -0.411 e. The molecule has 4 aromatic carbocycles. The third kappa shape index (κ3) is 9.16. The lowest BCUT2D eigenvalue weighted by atomic mass is 9.93. The van der Waals surface area contributed by atoms with Gasteiger partial charge in [0.1, 0.15) is 11.8 Å². The molecule has 0 aliphatic carbocycles. The molecule has 0 radical (unpaired) electrons. The lowest BCUT2D eigenvalue weighted by molar-refractivity contribution is -0.147. The first kappa shape index (κ1) is 43.4. The number of aromatic nitrogens is 2. The van der Waals surface area contributed by atoms with Crippen LogP contribution in [0.4, 0.5) is 0 Å². The quantitative estimate of drug-likeness (QED) is 0.0749. The van der Waals surface area contributed by atoms with Gasteiger partial charge < -0.3 is 13.6 Å². The van der Waals surface area contributed by atoms with Crippen molar-refractivity contribution in [2.75, 3.05) is 6.61 Å². The molecular weight excluding hydrogens is 757 g/mol. The summed E-state index contributed by atoms with van der Waals surface area (Å²) >= 11 is 0. The van der Waals surface area contributed by atoms with Crippen LogP contribution in [0.2, 0.25) is 23.2 Å². The van der Waals surface area contributed by atoms with Crippen LogP contribution in [0.3, 0.4) is 0 Å². The van der Waals surface area contributed by atoms with Crippen molar-refractivity contribution in [2.24, 2.45) is 0 Å². The van der Waals surface area contributed by atoms with E-state index in [-0.39, 0.29) is 16.7 Å². The van der Waals surface area contributed by atoms with Gasteiger partial charge in [-0.15, -0.1) is 0 Å². The van der Waals surface area contributed by atoms with Gasteiger partial charge in [-0.25, -0.2) is 4.79 Å². The predicted octanol–water partition coefficient (Wildman–Crippen LogP) is 7.38. The first-order valence-electron chi connectivity index (χ1n) is 20.4. The van der Waals surface area contributed by atoms with Gasteiger partial charge in [0, 0.05) is 31.3 Å². The number of H-pyrrole nitrogens is 1. The highest BCUT2D eigenvalue weighted by Crippen LogP contribution is 2.47. The highest BCUT2D eigenvalue weighted by Gasteiger charge is 2.60. The van der Waals surface area contributed by atoms with Gasteiger partial charge in [-0.1, -0.05) is 163 Å². The summed E-state index contributed by atoms with van der Waals surface area (Å²) in [6.07, 6.45) is 0.134. The maximum atomic E-state index is 13.7. The lowest BCUT2D eigenvalue weighted by Gasteiger charge is -2.49. The van der Waals surface area contributed by atoms with Crippen LogP contribution in [0, 0.1) is 6.92 Å². The summed E-state index contributed by atoms with van der Waals surface area (Å²) in [5.41, 5.74) is 0.511. The molecular formula is C47H62N4O5Si2. The van der Waals surface area contributed by atoms with Gasteiger partial charge in [-0.05, 0) is 51.6 Å². The second kappa shape index (κ2) is 17.6. The molecule has 9 nitrogen and oxygen atoms in total. The van der Waals surface area contributed by atoms with E-state index in [1.807, 2.05) is 48.5 Å². The monoisotopic (exact) mass is 818 g/mol. The third-order valence-corrected chi connectivity index (χ3v) is 21.6. The van der Waals surface area contributed by atoms with Crippen molar-refractivity contribution in [3.8, 4) is 0 Å². The average molecular weight is 819 g/mol. The van der Waals surface area contributed by atoms with Gasteiger partial charge in [0.2, 0.25) is 0 Å². The van der Waals surface area contributed by atoms with E-state index < -0.39 is 52.0 Å². The fraction of sp³-hybridized carbons (Fsp3) is 0.404. The summed E-state index contributed by atoms with van der Waals surface area (Å²) in [5, 5.41) is 9.64. The number of rotatable bonds is 15. The molecule has 3 N–H and O–H groups in total. The average Bonchev–Trinajstić information content (AvgIpc) is 3.54. The molecule has 1 aliphatic heterocycles. The third-order valence-electron chi connectivity index (χ3n) is 12.1. The Morgan fingerprint density at radius 3 is 1.67 bits per heavy atom. The Morgan fingerprint density at radius 2 is 1.22 bits per heavy atom. The predicted molar refractivity (Wildman–Crippen MR) is 240 cm³/mol. The molecule has 3 atom stereocenters. The summed E-state index contributed by atoms with van der Waals surface area (Å²) in [6.45, 7) is 21.0. The number of aryl methyl sites for hydroxylation is 1. The van der Waals surface area contributed by atoms with E-state index in [1.54, 1.807) is 13.1 Å². The summed E-state index contributed by atoms with van der Waals surface area (Å²) < 4.78 is 24.4. The van der Waals surface area contributed by atoms with Crippen LogP contribution in [-0.2, 0) is 26.7 Å². The smallest absolute Gasteiger partial charge is 0.330 e. The molecule has 0 bridgehead atoms. The molecule has 308 valence electrons. The highest BCUT2D eigenvalue weighted by atomic mass is 28.4. The normalized spacial score (nSPS) is 19.1. The second-order valence-corrected chi connectivity index (χ2v) is 27.3. The van der Waals surface area contributed by atoms with E-state index in [9.17, 15) is 9.59 Å². The van der Waals surface area contributed by atoms with Crippen LogP contribution in [0.15, 0.2) is 137 Å². The Morgan fingerprint density at radius 1 is 0.759 bits per heavy atom. The molecule has 11 heteroatoms. The molecule has 5 aromatic rings. The SMILES string of the molecule is Cc1cn([C@H]2C[C@H](O[Si](C)(C)C(C)(C)C)[C@](CO[Si](c3ccccc3)(c3ccccc3)C(C)(C)C)(C(NCc3ccccc3)NCc3ccccc3)O2)c(=O)[nH]c1=O. The Kier molecular flexibility index (Phi) is 13.1. The number of benzene rings is 4. The summed E-state index contributed by atoms with van der Waals surface area (Å²) in [7, 11) is -5.64. The van der Waals surface area contributed by atoms with Gasteiger partial charge in [0.25, 0.3) is 13.9 Å². The van der Waals surface area contributed by atoms with E-state index in [1.165, 1.54) is 4.57 Å². The first-order chi connectivity index (χ1) is 27.5. The van der Waals surface area contributed by atoms with Crippen molar-refractivity contribution >= 4 is 27.0 Å². The van der Waals surface area contributed by atoms with Crippen molar-refractivity contribution in [1.29, 1.82) is 0 Å². The van der Waals surface area contributed by atoms with Crippen molar-refractivity contribution < 1.29 is 13.6 Å². The summed E-state index contributed by atoms with van der Waals surface area (Å²) in [6, 6.07) is 41.9. The van der Waals surface area contributed by atoms with E-state index >= 15 is 0 Å². The van der Waals surface area contributed by atoms with E-state index in [0.717, 1.165) is 21.5 Å². The van der Waals surface area contributed by atoms with Gasteiger partial charge in [0.05, 0.1) is 18.9 Å². The summed E-state index contributed by atoms with van der Waals surface area (Å²) in [4.78, 5) is 28.9. The minimum atomic E-state index is -3.13. The van der Waals surface area contributed by atoms with Crippen LogP contribution in [0.1, 0.15) is 70.9 Å². The molecule has 1 aromatic heterocycles. The summed E-state index contributed by atoms with van der Waals surface area (Å²) in [5.74, 6) is 0. The number of hydrogen-bond acceptors (Lipinski definition) is 7. The zero-order valence-electron chi connectivity index (χ0n) is 35.7. The molecule has 0 amide bonds. The Balaban J connectivity index is 1.58. The van der Waals surface area contributed by atoms with Gasteiger partial charge >= 0.3 is 5.69 Å². The van der Waals surface area contributed by atoms with Crippen molar-refractivity contribution in [2.45, 2.75) is 115 Å². The van der Waals surface area contributed by atoms with Crippen molar-refractivity contribution in [3.63, 3.8) is 0 Å². The van der Waals surface area contributed by atoms with Crippen LogP contribution < -0.4 is 32.3 Å². The topological polar surface area (TPSA) is 107 Å². The Hall–Kier alpha value is -4.21. The van der Waals surface area contributed by atoms with Crippen molar-refractivity contribution in [1.82, 2.24) is 20.2 Å². The fourth-order valence-corrected chi connectivity index (χ4v) is 13.9. The highest BCUT2D eigenvalue weighted by molar-refractivity contribution is 6.99. The lowest BCUT2D eigenvalue weighted by Crippen LogP contribution is -2.71. The van der Waals surface area contributed by atoms with E-state index in [2.05, 4.69) is 143 Å². The molecule has 1 saturated heterocycles. The number of hydrogen-bond donors (Lipinski definition) is 3. The zero-order chi connectivity index (χ0) is 41.8. The maximum absolute atomic E-state index is 13.7. The molecule has 1 fully saturated rings. The molecule has 0 spiro atoms. The number of ether oxygens (including phenoxy) is 1. The van der Waals surface area contributed by atoms with Gasteiger partial charge in [-0.2, -0.15) is 0 Å². The first-order valence-corrected chi connectivity index (χ1v) is 25.3. The number of nitrogens with zero attached hydrogens (tertiary/aromatic N) is 1. The number of nitrogens with one attached hydrogen (secondary N) is 3. The van der Waals surface area contributed by atoms with E-state index in [0.29, 0.717) is 25.1 Å². The zero-order valence-corrected chi connectivity index (χ0v) is 37.7. The molecule has 6 rings (SSSR count). The largest absolute Gasteiger partial charge is 0.411 e. The molecule has 0 saturated carbocycles. The van der Waals surface area contributed by atoms with Crippen LogP contribution >= 0.6 is 0 Å². The standard InChI is InChI=1S/C47H62N4O5Si2/c1-35-33-51(44(53)50-42(35)52)41-30-40(56-57(8,9)45(2,3)4)47(55-41,43(48-31-36-22-14-10-15-23-36)49-32-37-24-16-11-17-25-37)34-54-58(46(5,6)7,38-26-18-12-19-27-38)39-28-20-13-21-29-39/h10-29,33,40-41,43,48-49H,30-32,34H2,1-9H3,(H,50,52,53)/t40-,41+,47+/m0/s1. The minimum absolute atomic E-state index is 0.133. The van der Waals surface area contributed by atoms with Crippen LogP contribution in [-0.4, -0.2) is 50.7 Å². The van der Waals surface area contributed by atoms with Gasteiger partial charge in [-0.3, -0.25) is 25.0 Å². The maximum Gasteiger partial charge on any atom is 0.330 e. The number of aromatic amines is 1. The Bertz CT molecular complexity index is 2120. The van der Waals surface area contributed by atoms with Crippen molar-refractivity contribution in [3.05, 3.63) is 165 Å². The van der Waals surface area contributed by atoms with Crippen LogP contribution in [0.25, 0.3) is 0 Å². The van der Waals surface area contributed by atoms with Gasteiger partial charge in [0.15, 0.2) is 8.32 Å².